The van der Waals surface area contributed by atoms with E-state index in [4.69, 9.17) is 5.11 Å². The number of carboxylic acid groups (broad SMARTS) is 1. The van der Waals surface area contributed by atoms with Gasteiger partial charge in [-0.3, -0.25) is 9.89 Å². The molecule has 4 nitrogen and oxygen atoms in total. The topological polar surface area (TPSA) is 52.9 Å². The van der Waals surface area contributed by atoms with Gasteiger partial charge in [-0.15, -0.1) is 0 Å². The van der Waals surface area contributed by atoms with Crippen molar-refractivity contribution in [3.8, 4) is 0 Å². The molecule has 1 amide bonds. The van der Waals surface area contributed by atoms with Gasteiger partial charge in [0.2, 0.25) is 0 Å². The minimum atomic E-state index is -0.909. The molecule has 1 aromatic rings. The van der Waals surface area contributed by atoms with Crippen LogP contribution >= 0.6 is 0 Å². The van der Waals surface area contributed by atoms with Crippen LogP contribution in [0.4, 0.5) is 10.5 Å². The van der Waals surface area contributed by atoms with Crippen LogP contribution in [-0.2, 0) is 0 Å². The first-order valence-electron chi connectivity index (χ1n) is 5.10. The highest BCUT2D eigenvalue weighted by Gasteiger charge is 2.31. The van der Waals surface area contributed by atoms with Crippen LogP contribution in [0.1, 0.15) is 11.5 Å². The predicted octanol–water partition coefficient (Wildman–Crippen LogP) is 2.36. The molecule has 1 aromatic carbocycles. The van der Waals surface area contributed by atoms with E-state index in [2.05, 4.69) is 4.99 Å². The zero-order chi connectivity index (χ0) is 11.1. The van der Waals surface area contributed by atoms with Gasteiger partial charge >= 0.3 is 6.09 Å². The third-order valence-corrected chi connectivity index (χ3v) is 3.00. The number of para-hydroxylation sites is 1. The molecule has 2 aliphatic rings. The molecule has 1 N–H and O–H groups in total. The summed E-state index contributed by atoms with van der Waals surface area (Å²) in [5.74, 6) is 0.143. The summed E-state index contributed by atoms with van der Waals surface area (Å²) in [5, 5.41) is 8.95. The Morgan fingerprint density at radius 2 is 2.25 bits per heavy atom. The Hall–Kier alpha value is -2.10. The second kappa shape index (κ2) is 3.20. The zero-order valence-electron chi connectivity index (χ0n) is 8.50. The molecule has 4 heteroatoms. The molecule has 1 unspecified atom stereocenters. The number of fused-ring (bicyclic) bond motifs is 3. The molecule has 16 heavy (non-hydrogen) atoms. The summed E-state index contributed by atoms with van der Waals surface area (Å²) in [5.41, 5.74) is 3.03. The maximum Gasteiger partial charge on any atom is 0.411 e. The van der Waals surface area contributed by atoms with Gasteiger partial charge in [0.05, 0.1) is 5.69 Å². The van der Waals surface area contributed by atoms with E-state index in [9.17, 15) is 4.79 Å². The quantitative estimate of drug-likeness (QED) is 0.720. The van der Waals surface area contributed by atoms with E-state index in [1.165, 1.54) is 4.90 Å². The van der Waals surface area contributed by atoms with Gasteiger partial charge in [-0.05, 0) is 17.2 Å². The number of nitrogens with zero attached hydrogens (tertiary/aromatic N) is 2. The number of hydrogen-bond acceptors (Lipinski definition) is 2. The van der Waals surface area contributed by atoms with Crippen LogP contribution in [0, 0.1) is 0 Å². The monoisotopic (exact) mass is 214 g/mol. The lowest BCUT2D eigenvalue weighted by Gasteiger charge is -2.19. The maximum atomic E-state index is 10.9. The molecule has 0 radical (unpaired) electrons. The minimum Gasteiger partial charge on any atom is -0.465 e. The van der Waals surface area contributed by atoms with Crippen molar-refractivity contribution in [2.24, 2.45) is 4.99 Å². The van der Waals surface area contributed by atoms with Crippen molar-refractivity contribution >= 4 is 18.0 Å². The van der Waals surface area contributed by atoms with Crippen molar-refractivity contribution in [2.75, 3.05) is 6.54 Å². The SMILES string of the molecule is O=C(O)N1C=C2C=Nc3ccccc3C2C1. The smallest absolute Gasteiger partial charge is 0.411 e. The largest absolute Gasteiger partial charge is 0.465 e. The van der Waals surface area contributed by atoms with Crippen LogP contribution in [0.15, 0.2) is 41.0 Å². The van der Waals surface area contributed by atoms with E-state index in [-0.39, 0.29) is 5.92 Å². The molecule has 2 aliphatic heterocycles. The highest BCUT2D eigenvalue weighted by Crippen LogP contribution is 2.39. The van der Waals surface area contributed by atoms with Gasteiger partial charge in [0.25, 0.3) is 0 Å². The van der Waals surface area contributed by atoms with E-state index < -0.39 is 6.09 Å². The van der Waals surface area contributed by atoms with Crippen molar-refractivity contribution < 1.29 is 9.90 Å². The molecule has 0 fully saturated rings. The molecule has 0 spiro atoms. The summed E-state index contributed by atoms with van der Waals surface area (Å²) in [4.78, 5) is 16.5. The number of amides is 1. The lowest BCUT2D eigenvalue weighted by atomic mass is 9.91. The van der Waals surface area contributed by atoms with E-state index in [0.717, 1.165) is 16.8 Å². The first kappa shape index (κ1) is 9.15. The van der Waals surface area contributed by atoms with E-state index in [0.29, 0.717) is 6.54 Å². The highest BCUT2D eigenvalue weighted by atomic mass is 16.4. The minimum absolute atomic E-state index is 0.143. The summed E-state index contributed by atoms with van der Waals surface area (Å²) in [6, 6.07) is 7.86. The fourth-order valence-corrected chi connectivity index (χ4v) is 2.20. The van der Waals surface area contributed by atoms with Crippen molar-refractivity contribution in [1.82, 2.24) is 4.90 Å². The predicted molar refractivity (Wildman–Crippen MR) is 60.1 cm³/mol. The lowest BCUT2D eigenvalue weighted by molar-refractivity contribution is 0.165. The van der Waals surface area contributed by atoms with Crippen molar-refractivity contribution in [2.45, 2.75) is 5.92 Å². The number of carbonyl (C=O) groups is 1. The molecule has 1 atom stereocenters. The van der Waals surface area contributed by atoms with Gasteiger partial charge in [0, 0.05) is 24.9 Å². The molecule has 0 aliphatic carbocycles. The van der Waals surface area contributed by atoms with Crippen molar-refractivity contribution in [3.05, 3.63) is 41.6 Å². The number of aliphatic imine (C=N–C) groups is 1. The van der Waals surface area contributed by atoms with Crippen LogP contribution < -0.4 is 0 Å². The van der Waals surface area contributed by atoms with Gasteiger partial charge in [-0.1, -0.05) is 18.2 Å². The maximum absolute atomic E-state index is 10.9. The standard InChI is InChI=1S/C12H10N2O2/c15-12(16)14-6-8-5-13-11-4-2-1-3-9(11)10(8)7-14/h1-6,10H,7H2,(H,15,16). The first-order chi connectivity index (χ1) is 7.75. The van der Waals surface area contributed by atoms with E-state index in [1.54, 1.807) is 12.4 Å². The Labute approximate surface area is 92.5 Å². The molecule has 3 rings (SSSR count). The van der Waals surface area contributed by atoms with E-state index in [1.807, 2.05) is 24.3 Å². The summed E-state index contributed by atoms with van der Waals surface area (Å²) in [7, 11) is 0. The second-order valence-electron chi connectivity index (χ2n) is 3.93. The third kappa shape index (κ3) is 1.23. The van der Waals surface area contributed by atoms with Gasteiger partial charge in [-0.2, -0.15) is 0 Å². The van der Waals surface area contributed by atoms with Crippen LogP contribution in [0.2, 0.25) is 0 Å². The van der Waals surface area contributed by atoms with Crippen molar-refractivity contribution in [1.29, 1.82) is 0 Å². The summed E-state index contributed by atoms with van der Waals surface area (Å²) < 4.78 is 0. The fourth-order valence-electron chi connectivity index (χ4n) is 2.20. The average Bonchev–Trinajstić information content (AvgIpc) is 2.73. The number of benzene rings is 1. The molecular weight excluding hydrogens is 204 g/mol. The molecule has 2 heterocycles. The highest BCUT2D eigenvalue weighted by molar-refractivity contribution is 5.89. The molecule has 80 valence electrons. The van der Waals surface area contributed by atoms with Gasteiger partial charge in [0.15, 0.2) is 0 Å². The summed E-state index contributed by atoms with van der Waals surface area (Å²) in [6.45, 7) is 0.494. The van der Waals surface area contributed by atoms with Crippen molar-refractivity contribution in [3.63, 3.8) is 0 Å². The Morgan fingerprint density at radius 1 is 1.44 bits per heavy atom. The van der Waals surface area contributed by atoms with Crippen LogP contribution in [0.5, 0.6) is 0 Å². The number of rotatable bonds is 0. The Morgan fingerprint density at radius 3 is 3.06 bits per heavy atom. The summed E-state index contributed by atoms with van der Waals surface area (Å²) in [6.07, 6.45) is 2.51. The molecule has 0 saturated heterocycles. The second-order valence-corrected chi connectivity index (χ2v) is 3.93. The molecular formula is C12H10N2O2. The lowest BCUT2D eigenvalue weighted by Crippen LogP contribution is -2.23. The normalized spacial score (nSPS) is 21.4. The fraction of sp³-hybridized carbons (Fsp3) is 0.167. The zero-order valence-corrected chi connectivity index (χ0v) is 8.50. The Kier molecular flexibility index (Phi) is 1.83. The van der Waals surface area contributed by atoms with Gasteiger partial charge in [-0.25, -0.2) is 4.79 Å². The first-order valence-corrected chi connectivity index (χ1v) is 5.10. The van der Waals surface area contributed by atoms with Gasteiger partial charge in [0.1, 0.15) is 0 Å². The summed E-state index contributed by atoms with van der Waals surface area (Å²) >= 11 is 0. The van der Waals surface area contributed by atoms with E-state index >= 15 is 0 Å². The Bertz CT molecular complexity index is 520. The molecule has 0 bridgehead atoms. The van der Waals surface area contributed by atoms with Crippen LogP contribution in [-0.4, -0.2) is 28.9 Å². The average molecular weight is 214 g/mol. The molecule has 0 saturated carbocycles. The van der Waals surface area contributed by atoms with Crippen LogP contribution in [0.25, 0.3) is 0 Å². The van der Waals surface area contributed by atoms with Crippen LogP contribution in [0.3, 0.4) is 0 Å². The third-order valence-electron chi connectivity index (χ3n) is 3.00. The number of hydrogen-bond donors (Lipinski definition) is 1. The molecule has 0 aromatic heterocycles. The van der Waals surface area contributed by atoms with Gasteiger partial charge < -0.3 is 5.11 Å². The Balaban J connectivity index is 2.04.